The van der Waals surface area contributed by atoms with E-state index in [9.17, 15) is 19.5 Å². The van der Waals surface area contributed by atoms with Gasteiger partial charge < -0.3 is 24.1 Å². The number of pyridine rings is 1. The Bertz CT molecular complexity index is 1130. The molecule has 8 heteroatoms. The van der Waals surface area contributed by atoms with E-state index in [0.717, 1.165) is 0 Å². The highest BCUT2D eigenvalue weighted by molar-refractivity contribution is 5.96. The first-order valence-electron chi connectivity index (χ1n) is 8.20. The number of hydrogen-bond donors (Lipinski definition) is 2. The molecule has 3 rings (SSSR count). The van der Waals surface area contributed by atoms with Crippen LogP contribution in [0.5, 0.6) is 11.5 Å². The SMILES string of the molecule is COc1ccc2oc(=O)c(C(=O)NCCn3ccc(=O)c(O)c3C)cc2c1. The van der Waals surface area contributed by atoms with Crippen molar-refractivity contribution in [3.05, 3.63) is 68.4 Å². The van der Waals surface area contributed by atoms with Crippen molar-refractivity contribution in [2.24, 2.45) is 0 Å². The van der Waals surface area contributed by atoms with Gasteiger partial charge in [-0.2, -0.15) is 0 Å². The molecule has 0 spiro atoms. The van der Waals surface area contributed by atoms with E-state index >= 15 is 0 Å². The normalized spacial score (nSPS) is 10.7. The Balaban J connectivity index is 1.76. The lowest BCUT2D eigenvalue weighted by Crippen LogP contribution is -2.31. The highest BCUT2D eigenvalue weighted by atomic mass is 16.5. The van der Waals surface area contributed by atoms with Crippen LogP contribution >= 0.6 is 0 Å². The zero-order chi connectivity index (χ0) is 19.6. The fourth-order valence-corrected chi connectivity index (χ4v) is 2.68. The third-order valence-electron chi connectivity index (χ3n) is 4.24. The second-order valence-electron chi connectivity index (χ2n) is 5.91. The minimum absolute atomic E-state index is 0.116. The number of ether oxygens (including phenoxy) is 1. The fourth-order valence-electron chi connectivity index (χ4n) is 2.68. The maximum atomic E-state index is 12.3. The molecule has 0 fully saturated rings. The van der Waals surface area contributed by atoms with Crippen LogP contribution in [0.4, 0.5) is 0 Å². The number of fused-ring (bicyclic) bond motifs is 1. The Hall–Kier alpha value is -3.55. The number of rotatable bonds is 5. The molecule has 0 saturated carbocycles. The molecule has 0 unspecified atom stereocenters. The van der Waals surface area contributed by atoms with Gasteiger partial charge in [0, 0.05) is 30.7 Å². The summed E-state index contributed by atoms with van der Waals surface area (Å²) in [5.74, 6) is -0.319. The number of nitrogens with zero attached hydrogens (tertiary/aromatic N) is 1. The minimum Gasteiger partial charge on any atom is -0.503 e. The van der Waals surface area contributed by atoms with Crippen molar-refractivity contribution >= 4 is 16.9 Å². The Kier molecular flexibility index (Phi) is 4.98. The molecular formula is C19H18N2O6. The van der Waals surface area contributed by atoms with Gasteiger partial charge in [0.05, 0.1) is 12.8 Å². The molecule has 0 bridgehead atoms. The third-order valence-corrected chi connectivity index (χ3v) is 4.24. The number of benzene rings is 1. The Morgan fingerprint density at radius 1 is 1.26 bits per heavy atom. The summed E-state index contributed by atoms with van der Waals surface area (Å²) in [6.45, 7) is 2.11. The smallest absolute Gasteiger partial charge is 0.349 e. The zero-order valence-corrected chi connectivity index (χ0v) is 14.8. The van der Waals surface area contributed by atoms with E-state index in [1.807, 2.05) is 0 Å². The van der Waals surface area contributed by atoms with E-state index in [-0.39, 0.29) is 17.9 Å². The fraction of sp³-hybridized carbons (Fsp3) is 0.211. The lowest BCUT2D eigenvalue weighted by Gasteiger charge is -2.12. The number of carbonyl (C=O) groups excluding carboxylic acids is 1. The molecular weight excluding hydrogens is 352 g/mol. The second kappa shape index (κ2) is 7.36. The Labute approximate surface area is 153 Å². The van der Waals surface area contributed by atoms with Gasteiger partial charge in [0.2, 0.25) is 5.43 Å². The molecule has 0 radical (unpaired) electrons. The van der Waals surface area contributed by atoms with Gasteiger partial charge >= 0.3 is 5.63 Å². The highest BCUT2D eigenvalue weighted by Gasteiger charge is 2.14. The zero-order valence-electron chi connectivity index (χ0n) is 14.8. The van der Waals surface area contributed by atoms with Crippen LogP contribution in [0.25, 0.3) is 11.0 Å². The molecule has 27 heavy (non-hydrogen) atoms. The maximum Gasteiger partial charge on any atom is 0.349 e. The summed E-state index contributed by atoms with van der Waals surface area (Å²) in [5.41, 5.74) is -0.555. The molecule has 0 aliphatic carbocycles. The third kappa shape index (κ3) is 3.69. The first kappa shape index (κ1) is 18.2. The number of nitrogens with one attached hydrogen (secondary N) is 1. The number of methoxy groups -OCH3 is 1. The second-order valence-corrected chi connectivity index (χ2v) is 5.91. The molecule has 0 aliphatic rings. The largest absolute Gasteiger partial charge is 0.503 e. The molecule has 2 aromatic heterocycles. The van der Waals surface area contributed by atoms with E-state index in [2.05, 4.69) is 5.32 Å². The van der Waals surface area contributed by atoms with Crippen molar-refractivity contribution in [1.29, 1.82) is 0 Å². The monoisotopic (exact) mass is 370 g/mol. The van der Waals surface area contributed by atoms with Gasteiger partial charge in [0.15, 0.2) is 5.75 Å². The Morgan fingerprint density at radius 2 is 2.04 bits per heavy atom. The van der Waals surface area contributed by atoms with Gasteiger partial charge in [0.1, 0.15) is 16.9 Å². The summed E-state index contributed by atoms with van der Waals surface area (Å²) in [5, 5.41) is 12.9. The minimum atomic E-state index is -0.734. The first-order chi connectivity index (χ1) is 12.9. The number of aromatic nitrogens is 1. The standard InChI is InChI=1S/C19H18N2O6/c1-11-17(23)15(22)5-7-21(11)8-6-20-18(24)14-10-12-9-13(26-2)3-4-16(12)27-19(14)25/h3-5,7,9-10,23H,6,8H2,1-2H3,(H,20,24). The predicted octanol–water partition coefficient (Wildman–Crippen LogP) is 1.41. The van der Waals surface area contributed by atoms with Crippen LogP contribution in [-0.2, 0) is 6.54 Å². The van der Waals surface area contributed by atoms with Gasteiger partial charge in [-0.15, -0.1) is 0 Å². The van der Waals surface area contributed by atoms with Crippen molar-refractivity contribution in [1.82, 2.24) is 9.88 Å². The molecule has 1 aromatic carbocycles. The average Bonchev–Trinajstić information content (AvgIpc) is 2.67. The van der Waals surface area contributed by atoms with Crippen LogP contribution in [-0.4, -0.2) is 29.2 Å². The summed E-state index contributed by atoms with van der Waals surface area (Å²) in [4.78, 5) is 35.8. The molecule has 8 nitrogen and oxygen atoms in total. The molecule has 2 heterocycles. The molecule has 3 aromatic rings. The van der Waals surface area contributed by atoms with Gasteiger partial charge in [-0.1, -0.05) is 0 Å². The topological polar surface area (TPSA) is 111 Å². The molecule has 0 aliphatic heterocycles. The van der Waals surface area contributed by atoms with Gasteiger partial charge in [-0.05, 0) is 31.2 Å². The van der Waals surface area contributed by atoms with E-state index in [1.54, 1.807) is 29.7 Å². The first-order valence-corrected chi connectivity index (χ1v) is 8.20. The molecule has 140 valence electrons. The van der Waals surface area contributed by atoms with Crippen LogP contribution in [0, 0.1) is 6.92 Å². The average molecular weight is 370 g/mol. The molecule has 0 saturated heterocycles. The van der Waals surface area contributed by atoms with E-state index in [4.69, 9.17) is 9.15 Å². The Morgan fingerprint density at radius 3 is 2.78 bits per heavy atom. The maximum absolute atomic E-state index is 12.3. The van der Waals surface area contributed by atoms with Crippen LogP contribution in [0.2, 0.25) is 0 Å². The summed E-state index contributed by atoms with van der Waals surface area (Å²) in [6.07, 6.45) is 1.53. The van der Waals surface area contributed by atoms with Crippen molar-refractivity contribution in [3.8, 4) is 11.5 Å². The van der Waals surface area contributed by atoms with Gasteiger partial charge in [0.25, 0.3) is 5.91 Å². The van der Waals surface area contributed by atoms with Gasteiger partial charge in [-0.3, -0.25) is 9.59 Å². The summed E-state index contributed by atoms with van der Waals surface area (Å²) >= 11 is 0. The molecule has 1 amide bonds. The van der Waals surface area contributed by atoms with Crippen molar-refractivity contribution < 1.29 is 19.1 Å². The van der Waals surface area contributed by atoms with E-state index in [0.29, 0.717) is 29.0 Å². The number of hydrogen-bond acceptors (Lipinski definition) is 6. The summed E-state index contributed by atoms with van der Waals surface area (Å²) in [7, 11) is 1.52. The molecule has 2 N–H and O–H groups in total. The van der Waals surface area contributed by atoms with E-state index < -0.39 is 17.0 Å². The van der Waals surface area contributed by atoms with Gasteiger partial charge in [-0.25, -0.2) is 4.79 Å². The lowest BCUT2D eigenvalue weighted by molar-refractivity contribution is 0.0948. The van der Waals surface area contributed by atoms with Crippen LogP contribution < -0.4 is 21.1 Å². The van der Waals surface area contributed by atoms with Crippen molar-refractivity contribution in [2.45, 2.75) is 13.5 Å². The lowest BCUT2D eigenvalue weighted by atomic mass is 10.1. The highest BCUT2D eigenvalue weighted by Crippen LogP contribution is 2.20. The number of carbonyl (C=O) groups is 1. The summed E-state index contributed by atoms with van der Waals surface area (Å²) in [6, 6.07) is 7.63. The quantitative estimate of drug-likeness (QED) is 0.657. The van der Waals surface area contributed by atoms with Crippen molar-refractivity contribution in [3.63, 3.8) is 0 Å². The number of amides is 1. The van der Waals surface area contributed by atoms with Crippen LogP contribution in [0.1, 0.15) is 16.1 Å². The molecule has 0 atom stereocenters. The van der Waals surface area contributed by atoms with Crippen molar-refractivity contribution in [2.75, 3.05) is 13.7 Å². The van der Waals surface area contributed by atoms with E-state index in [1.165, 1.54) is 25.4 Å². The van der Waals surface area contributed by atoms with Crippen LogP contribution in [0.15, 0.2) is 50.5 Å². The summed E-state index contributed by atoms with van der Waals surface area (Å²) < 4.78 is 11.9. The van der Waals surface area contributed by atoms with Crippen LogP contribution in [0.3, 0.4) is 0 Å². The number of aromatic hydroxyl groups is 1. The predicted molar refractivity (Wildman–Crippen MR) is 98.5 cm³/mol.